The van der Waals surface area contributed by atoms with Crippen LogP contribution in [0.4, 0.5) is 0 Å². The second-order valence-electron chi connectivity index (χ2n) is 4.65. The van der Waals surface area contributed by atoms with Gasteiger partial charge in [-0.3, -0.25) is 4.79 Å². The maximum absolute atomic E-state index is 12.4. The maximum atomic E-state index is 12.4. The molecule has 1 amide bonds. The Kier molecular flexibility index (Phi) is 5.05. The average molecular weight is 400 g/mol. The molecular weight excluding hydrogens is 385 g/mol. The largest absolute Gasteiger partial charge is 0.335 e. The van der Waals surface area contributed by atoms with Crippen LogP contribution in [0.3, 0.4) is 0 Å². The van der Waals surface area contributed by atoms with E-state index in [4.69, 9.17) is 11.6 Å². The molecule has 0 bridgehead atoms. The minimum Gasteiger partial charge on any atom is -0.335 e. The standard InChI is InChI=1S/C16H15ClINO/c1-11(12-3-7-14(17)8-4-12)19(2)16(20)13-5-9-15(18)10-6-13/h3-11H,1-2H3. The summed E-state index contributed by atoms with van der Waals surface area (Å²) in [6, 6.07) is 15.2. The second kappa shape index (κ2) is 6.59. The van der Waals surface area contributed by atoms with E-state index in [-0.39, 0.29) is 11.9 Å². The summed E-state index contributed by atoms with van der Waals surface area (Å²) in [5.74, 6) is 0.0175. The molecule has 1 unspecified atom stereocenters. The van der Waals surface area contributed by atoms with Gasteiger partial charge in [0.25, 0.3) is 5.91 Å². The van der Waals surface area contributed by atoms with E-state index in [1.54, 1.807) is 4.90 Å². The van der Waals surface area contributed by atoms with Crippen LogP contribution >= 0.6 is 34.2 Å². The third kappa shape index (κ3) is 3.52. The fourth-order valence-electron chi connectivity index (χ4n) is 1.94. The summed E-state index contributed by atoms with van der Waals surface area (Å²) < 4.78 is 1.12. The lowest BCUT2D eigenvalue weighted by atomic mass is 10.1. The Morgan fingerprint density at radius 2 is 1.65 bits per heavy atom. The van der Waals surface area contributed by atoms with Gasteiger partial charge in [0.05, 0.1) is 6.04 Å². The Bertz CT molecular complexity index is 595. The van der Waals surface area contributed by atoms with Gasteiger partial charge in [-0.1, -0.05) is 23.7 Å². The van der Waals surface area contributed by atoms with Gasteiger partial charge in [-0.2, -0.15) is 0 Å². The molecule has 0 radical (unpaired) electrons. The lowest BCUT2D eigenvalue weighted by Crippen LogP contribution is -2.29. The number of rotatable bonds is 3. The molecule has 20 heavy (non-hydrogen) atoms. The molecule has 0 spiro atoms. The van der Waals surface area contributed by atoms with Crippen LogP contribution < -0.4 is 0 Å². The lowest BCUT2D eigenvalue weighted by molar-refractivity contribution is 0.0742. The van der Waals surface area contributed by atoms with E-state index < -0.39 is 0 Å². The Balaban J connectivity index is 2.17. The molecule has 0 aliphatic heterocycles. The van der Waals surface area contributed by atoms with Crippen LogP contribution in [0.15, 0.2) is 48.5 Å². The van der Waals surface area contributed by atoms with Gasteiger partial charge in [0, 0.05) is 21.2 Å². The molecular formula is C16H15ClINO. The predicted molar refractivity (Wildman–Crippen MR) is 91.1 cm³/mol. The fourth-order valence-corrected chi connectivity index (χ4v) is 2.42. The highest BCUT2D eigenvalue weighted by Crippen LogP contribution is 2.22. The van der Waals surface area contributed by atoms with Crippen molar-refractivity contribution in [2.75, 3.05) is 7.05 Å². The van der Waals surface area contributed by atoms with Crippen LogP contribution in [0, 0.1) is 3.57 Å². The summed E-state index contributed by atoms with van der Waals surface area (Å²) in [7, 11) is 1.82. The van der Waals surface area contributed by atoms with Gasteiger partial charge in [0.15, 0.2) is 0 Å². The molecule has 0 saturated heterocycles. The fraction of sp³-hybridized carbons (Fsp3) is 0.188. The van der Waals surface area contributed by atoms with Crippen molar-refractivity contribution in [1.82, 2.24) is 4.90 Å². The van der Waals surface area contributed by atoms with Crippen LogP contribution in [0.2, 0.25) is 5.02 Å². The van der Waals surface area contributed by atoms with Crippen molar-refractivity contribution in [3.63, 3.8) is 0 Å². The summed E-state index contributed by atoms with van der Waals surface area (Å²) in [6.07, 6.45) is 0. The van der Waals surface area contributed by atoms with Crippen LogP contribution in [0.25, 0.3) is 0 Å². The molecule has 0 fully saturated rings. The van der Waals surface area contributed by atoms with Gasteiger partial charge >= 0.3 is 0 Å². The molecule has 0 saturated carbocycles. The van der Waals surface area contributed by atoms with Crippen LogP contribution in [-0.2, 0) is 0 Å². The zero-order valence-electron chi connectivity index (χ0n) is 11.3. The van der Waals surface area contributed by atoms with E-state index in [2.05, 4.69) is 22.6 Å². The van der Waals surface area contributed by atoms with Gasteiger partial charge in [-0.25, -0.2) is 0 Å². The van der Waals surface area contributed by atoms with Crippen molar-refractivity contribution in [1.29, 1.82) is 0 Å². The van der Waals surface area contributed by atoms with Gasteiger partial charge in [-0.15, -0.1) is 0 Å². The number of halogens is 2. The molecule has 2 nitrogen and oxygen atoms in total. The Labute approximate surface area is 137 Å². The molecule has 2 aromatic rings. The van der Waals surface area contributed by atoms with E-state index in [0.717, 1.165) is 9.13 Å². The Hall–Kier alpha value is -1.07. The number of nitrogens with zero attached hydrogens (tertiary/aromatic N) is 1. The quantitative estimate of drug-likeness (QED) is 0.680. The smallest absolute Gasteiger partial charge is 0.254 e. The normalized spacial score (nSPS) is 12.0. The molecule has 4 heteroatoms. The summed E-state index contributed by atoms with van der Waals surface area (Å²) >= 11 is 8.11. The minimum absolute atomic E-state index is 0.000885. The lowest BCUT2D eigenvalue weighted by Gasteiger charge is -2.25. The van der Waals surface area contributed by atoms with Gasteiger partial charge in [0.1, 0.15) is 0 Å². The van der Waals surface area contributed by atoms with Crippen LogP contribution in [-0.4, -0.2) is 17.9 Å². The first-order valence-corrected chi connectivity index (χ1v) is 7.73. The van der Waals surface area contributed by atoms with E-state index >= 15 is 0 Å². The first-order valence-electron chi connectivity index (χ1n) is 6.27. The zero-order valence-corrected chi connectivity index (χ0v) is 14.2. The highest BCUT2D eigenvalue weighted by molar-refractivity contribution is 14.1. The molecule has 0 aliphatic carbocycles. The number of carbonyl (C=O) groups excluding carboxylic acids is 1. The number of amides is 1. The number of benzene rings is 2. The highest BCUT2D eigenvalue weighted by Gasteiger charge is 2.18. The van der Waals surface area contributed by atoms with Crippen molar-refractivity contribution in [3.05, 3.63) is 68.3 Å². The predicted octanol–water partition coefficient (Wildman–Crippen LogP) is 4.78. The summed E-state index contributed by atoms with van der Waals surface area (Å²) in [5, 5.41) is 0.701. The van der Waals surface area contributed by atoms with Crippen LogP contribution in [0.5, 0.6) is 0 Å². The summed E-state index contributed by atoms with van der Waals surface area (Å²) in [4.78, 5) is 14.2. The van der Waals surface area contributed by atoms with Crippen molar-refractivity contribution < 1.29 is 4.79 Å². The maximum Gasteiger partial charge on any atom is 0.254 e. The highest BCUT2D eigenvalue weighted by atomic mass is 127. The number of hydrogen-bond donors (Lipinski definition) is 0. The van der Waals surface area contributed by atoms with Crippen molar-refractivity contribution in [2.24, 2.45) is 0 Å². The van der Waals surface area contributed by atoms with Crippen LogP contribution in [0.1, 0.15) is 28.9 Å². The van der Waals surface area contributed by atoms with Gasteiger partial charge in [0.2, 0.25) is 0 Å². The molecule has 0 N–H and O–H groups in total. The second-order valence-corrected chi connectivity index (χ2v) is 6.33. The van der Waals surface area contributed by atoms with Crippen molar-refractivity contribution in [2.45, 2.75) is 13.0 Å². The van der Waals surface area contributed by atoms with E-state index in [1.165, 1.54) is 0 Å². The van der Waals surface area contributed by atoms with Crippen molar-refractivity contribution in [3.8, 4) is 0 Å². The van der Waals surface area contributed by atoms with E-state index in [0.29, 0.717) is 10.6 Å². The van der Waals surface area contributed by atoms with E-state index in [9.17, 15) is 4.79 Å². The third-order valence-corrected chi connectivity index (χ3v) is 4.32. The summed E-state index contributed by atoms with van der Waals surface area (Å²) in [6.45, 7) is 2.01. The number of hydrogen-bond acceptors (Lipinski definition) is 1. The van der Waals surface area contributed by atoms with E-state index in [1.807, 2.05) is 62.5 Å². The Morgan fingerprint density at radius 3 is 2.20 bits per heavy atom. The monoisotopic (exact) mass is 399 g/mol. The molecule has 1 atom stereocenters. The van der Waals surface area contributed by atoms with Gasteiger partial charge in [-0.05, 0) is 71.5 Å². The SMILES string of the molecule is CC(c1ccc(Cl)cc1)N(C)C(=O)c1ccc(I)cc1. The summed E-state index contributed by atoms with van der Waals surface area (Å²) in [5.41, 5.74) is 1.77. The first kappa shape index (κ1) is 15.3. The van der Waals surface area contributed by atoms with Crippen molar-refractivity contribution >= 4 is 40.1 Å². The molecule has 0 aromatic heterocycles. The zero-order chi connectivity index (χ0) is 14.7. The Morgan fingerprint density at radius 1 is 1.10 bits per heavy atom. The molecule has 2 aromatic carbocycles. The number of carbonyl (C=O) groups is 1. The molecule has 0 heterocycles. The average Bonchev–Trinajstić information content (AvgIpc) is 2.46. The first-order chi connectivity index (χ1) is 9.49. The topological polar surface area (TPSA) is 20.3 Å². The minimum atomic E-state index is -0.000885. The molecule has 2 rings (SSSR count). The third-order valence-electron chi connectivity index (χ3n) is 3.34. The molecule has 104 valence electrons. The van der Waals surface area contributed by atoms with Gasteiger partial charge < -0.3 is 4.90 Å². The molecule has 0 aliphatic rings.